The predicted octanol–water partition coefficient (Wildman–Crippen LogP) is 4.78. The molecule has 0 saturated heterocycles. The molecule has 2 heteroatoms. The first kappa shape index (κ1) is 17.0. The second kappa shape index (κ2) is 8.31. The predicted molar refractivity (Wildman–Crippen MR) is 88.2 cm³/mol. The lowest BCUT2D eigenvalue weighted by molar-refractivity contribution is 0.174. The largest absolute Gasteiger partial charge is 0.388 e. The fourth-order valence-corrected chi connectivity index (χ4v) is 2.82. The van der Waals surface area contributed by atoms with Gasteiger partial charge in [0.15, 0.2) is 0 Å². The molecule has 2 nitrogen and oxygen atoms in total. The Morgan fingerprint density at radius 3 is 2.10 bits per heavy atom. The van der Waals surface area contributed by atoms with E-state index in [0.717, 1.165) is 31.4 Å². The van der Waals surface area contributed by atoms with Crippen LogP contribution in [0.4, 0.5) is 5.69 Å². The molecule has 114 valence electrons. The number of para-hydroxylation sites is 1. The summed E-state index contributed by atoms with van der Waals surface area (Å²) in [6, 6.07) is 8.88. The molecular weight excluding hydrogens is 246 g/mol. The lowest BCUT2D eigenvalue weighted by atomic mass is 10.00. The van der Waals surface area contributed by atoms with E-state index >= 15 is 0 Å². The Bertz CT molecular complexity index is 385. The molecule has 0 bridgehead atoms. The average Bonchev–Trinajstić information content (AvgIpc) is 2.46. The molecule has 1 rings (SSSR count). The average molecular weight is 277 g/mol. The fraction of sp³-hybridized carbons (Fsp3) is 0.667. The maximum atomic E-state index is 10.3. The number of anilines is 1. The van der Waals surface area contributed by atoms with E-state index in [0.29, 0.717) is 12.0 Å². The molecule has 0 unspecified atom stereocenters. The Balaban J connectivity index is 3.18. The van der Waals surface area contributed by atoms with E-state index in [9.17, 15) is 5.11 Å². The molecule has 0 heterocycles. The zero-order chi connectivity index (χ0) is 15.1. The third-order valence-corrected chi connectivity index (χ3v) is 3.94. The lowest BCUT2D eigenvalue weighted by Gasteiger charge is -2.36. The molecule has 1 atom stereocenters. The van der Waals surface area contributed by atoms with Gasteiger partial charge in [0.2, 0.25) is 0 Å². The Kier molecular flexibility index (Phi) is 7.08. The van der Waals surface area contributed by atoms with Gasteiger partial charge >= 0.3 is 0 Å². The van der Waals surface area contributed by atoms with Crippen molar-refractivity contribution in [2.75, 3.05) is 11.4 Å². The summed E-state index contributed by atoms with van der Waals surface area (Å²) in [5.74, 6) is 0.613. The second-order valence-electron chi connectivity index (χ2n) is 6.00. The SMILES string of the molecule is CCC(CC)N(CC(C)C)c1ccccc1[C@H](O)CC. The minimum absolute atomic E-state index is 0.366. The van der Waals surface area contributed by atoms with Gasteiger partial charge in [0.1, 0.15) is 0 Å². The van der Waals surface area contributed by atoms with Crippen LogP contribution in [0.1, 0.15) is 65.5 Å². The molecule has 0 spiro atoms. The first-order chi connectivity index (χ1) is 9.54. The van der Waals surface area contributed by atoms with Crippen molar-refractivity contribution in [2.24, 2.45) is 5.92 Å². The van der Waals surface area contributed by atoms with E-state index in [1.807, 2.05) is 13.0 Å². The summed E-state index contributed by atoms with van der Waals surface area (Å²) in [6.45, 7) is 12.1. The molecule has 0 aliphatic heterocycles. The normalized spacial score (nSPS) is 13.0. The minimum Gasteiger partial charge on any atom is -0.388 e. The number of rotatable bonds is 8. The van der Waals surface area contributed by atoms with E-state index in [1.165, 1.54) is 5.69 Å². The van der Waals surface area contributed by atoms with Gasteiger partial charge in [-0.05, 0) is 31.2 Å². The quantitative estimate of drug-likeness (QED) is 0.739. The number of hydrogen-bond acceptors (Lipinski definition) is 2. The van der Waals surface area contributed by atoms with E-state index in [2.05, 4.69) is 50.8 Å². The monoisotopic (exact) mass is 277 g/mol. The Morgan fingerprint density at radius 1 is 1.00 bits per heavy atom. The van der Waals surface area contributed by atoms with Crippen LogP contribution in [0.15, 0.2) is 24.3 Å². The highest BCUT2D eigenvalue weighted by molar-refractivity contribution is 5.55. The summed E-state index contributed by atoms with van der Waals surface area (Å²) >= 11 is 0. The molecule has 0 fully saturated rings. The number of aliphatic hydroxyl groups is 1. The zero-order valence-corrected chi connectivity index (χ0v) is 13.8. The third-order valence-electron chi connectivity index (χ3n) is 3.94. The lowest BCUT2D eigenvalue weighted by Crippen LogP contribution is -2.38. The van der Waals surface area contributed by atoms with Gasteiger partial charge in [-0.2, -0.15) is 0 Å². The van der Waals surface area contributed by atoms with E-state index in [1.54, 1.807) is 0 Å². The van der Waals surface area contributed by atoms with Crippen molar-refractivity contribution in [2.45, 2.75) is 66.0 Å². The molecule has 0 radical (unpaired) electrons. The number of benzene rings is 1. The summed E-state index contributed by atoms with van der Waals surface area (Å²) in [5.41, 5.74) is 2.28. The maximum absolute atomic E-state index is 10.3. The van der Waals surface area contributed by atoms with Gasteiger partial charge in [-0.25, -0.2) is 0 Å². The summed E-state index contributed by atoms with van der Waals surface area (Å²) in [5, 5.41) is 10.3. The van der Waals surface area contributed by atoms with Crippen molar-refractivity contribution >= 4 is 5.69 Å². The molecule has 0 aliphatic rings. The van der Waals surface area contributed by atoms with Crippen LogP contribution in [0.3, 0.4) is 0 Å². The minimum atomic E-state index is -0.366. The molecule has 20 heavy (non-hydrogen) atoms. The highest BCUT2D eigenvalue weighted by Crippen LogP contribution is 2.31. The van der Waals surface area contributed by atoms with E-state index in [-0.39, 0.29) is 6.10 Å². The smallest absolute Gasteiger partial charge is 0.0807 e. The highest BCUT2D eigenvalue weighted by Gasteiger charge is 2.21. The van der Waals surface area contributed by atoms with Crippen molar-refractivity contribution in [3.05, 3.63) is 29.8 Å². The molecular formula is C18H31NO. The van der Waals surface area contributed by atoms with Crippen molar-refractivity contribution in [3.63, 3.8) is 0 Å². The van der Waals surface area contributed by atoms with Crippen LogP contribution in [-0.2, 0) is 0 Å². The summed E-state index contributed by atoms with van der Waals surface area (Å²) in [7, 11) is 0. The number of hydrogen-bond donors (Lipinski definition) is 1. The van der Waals surface area contributed by atoms with Gasteiger partial charge in [-0.1, -0.05) is 52.8 Å². The standard InChI is InChI=1S/C18H31NO/c1-6-15(7-2)19(13-14(4)5)17-12-10-9-11-16(17)18(20)8-3/h9-12,14-15,18,20H,6-8,13H2,1-5H3/t18-/m1/s1. The Morgan fingerprint density at radius 2 is 1.60 bits per heavy atom. The van der Waals surface area contributed by atoms with Crippen LogP contribution in [0.5, 0.6) is 0 Å². The zero-order valence-electron chi connectivity index (χ0n) is 13.8. The Labute approximate surface area is 124 Å². The van der Waals surface area contributed by atoms with Gasteiger partial charge in [0.25, 0.3) is 0 Å². The molecule has 0 amide bonds. The van der Waals surface area contributed by atoms with Crippen LogP contribution in [0.25, 0.3) is 0 Å². The van der Waals surface area contributed by atoms with E-state index < -0.39 is 0 Å². The molecule has 1 aromatic rings. The van der Waals surface area contributed by atoms with Crippen LogP contribution in [-0.4, -0.2) is 17.7 Å². The van der Waals surface area contributed by atoms with Crippen molar-refractivity contribution < 1.29 is 5.11 Å². The van der Waals surface area contributed by atoms with Crippen molar-refractivity contribution in [1.82, 2.24) is 0 Å². The summed E-state index contributed by atoms with van der Waals surface area (Å²) in [6.07, 6.45) is 2.67. The molecule has 0 aliphatic carbocycles. The summed E-state index contributed by atoms with van der Waals surface area (Å²) < 4.78 is 0. The highest BCUT2D eigenvalue weighted by atomic mass is 16.3. The Hall–Kier alpha value is -1.02. The topological polar surface area (TPSA) is 23.5 Å². The van der Waals surface area contributed by atoms with Gasteiger partial charge < -0.3 is 10.0 Å². The molecule has 0 aromatic heterocycles. The third kappa shape index (κ3) is 4.24. The number of nitrogens with zero attached hydrogens (tertiary/aromatic N) is 1. The van der Waals surface area contributed by atoms with Gasteiger partial charge in [0.05, 0.1) is 6.10 Å². The maximum Gasteiger partial charge on any atom is 0.0807 e. The van der Waals surface area contributed by atoms with Gasteiger partial charge in [0, 0.05) is 23.8 Å². The molecule has 1 aromatic carbocycles. The van der Waals surface area contributed by atoms with E-state index in [4.69, 9.17) is 0 Å². The molecule has 0 saturated carbocycles. The molecule has 1 N–H and O–H groups in total. The van der Waals surface area contributed by atoms with Crippen LogP contribution in [0, 0.1) is 5.92 Å². The van der Waals surface area contributed by atoms with Gasteiger partial charge in [-0.15, -0.1) is 0 Å². The number of aliphatic hydroxyl groups excluding tert-OH is 1. The first-order valence-electron chi connectivity index (χ1n) is 8.08. The van der Waals surface area contributed by atoms with Gasteiger partial charge in [-0.3, -0.25) is 0 Å². The fourth-order valence-electron chi connectivity index (χ4n) is 2.82. The van der Waals surface area contributed by atoms with Crippen molar-refractivity contribution in [1.29, 1.82) is 0 Å². The van der Waals surface area contributed by atoms with Crippen LogP contribution >= 0.6 is 0 Å². The summed E-state index contributed by atoms with van der Waals surface area (Å²) in [4.78, 5) is 2.50. The van der Waals surface area contributed by atoms with Crippen LogP contribution < -0.4 is 4.90 Å². The first-order valence-corrected chi connectivity index (χ1v) is 8.08. The van der Waals surface area contributed by atoms with Crippen LogP contribution in [0.2, 0.25) is 0 Å². The second-order valence-corrected chi connectivity index (χ2v) is 6.00. The van der Waals surface area contributed by atoms with Crippen molar-refractivity contribution in [3.8, 4) is 0 Å².